The maximum absolute atomic E-state index is 12.1. The number of hydrogen-bond acceptors (Lipinski definition) is 4. The summed E-state index contributed by atoms with van der Waals surface area (Å²) in [5.74, 6) is -1.96. The van der Waals surface area contributed by atoms with Crippen LogP contribution in [-0.2, 0) is 4.74 Å². The Kier molecular flexibility index (Phi) is 5.79. The second-order valence-corrected chi connectivity index (χ2v) is 3.93. The summed E-state index contributed by atoms with van der Waals surface area (Å²) in [6.45, 7) is 1.66. The van der Waals surface area contributed by atoms with Crippen molar-refractivity contribution >= 4 is 17.7 Å². The maximum Gasteiger partial charge on any atom is 0.422 e. The van der Waals surface area contributed by atoms with E-state index in [1.807, 2.05) is 0 Å². The summed E-state index contributed by atoms with van der Waals surface area (Å²) < 4.78 is 45.3. The molecular weight excluding hydrogens is 307 g/mol. The van der Waals surface area contributed by atoms with Crippen molar-refractivity contribution in [3.05, 3.63) is 36.4 Å². The topological polar surface area (TPSA) is 84.9 Å². The largest absolute Gasteiger partial charge is 0.483 e. The molecule has 120 valence electrons. The summed E-state index contributed by atoms with van der Waals surface area (Å²) >= 11 is 0. The molecule has 1 amide bonds. The first-order valence-electron chi connectivity index (χ1n) is 5.84. The van der Waals surface area contributed by atoms with E-state index < -0.39 is 36.2 Å². The number of benzene rings is 1. The Morgan fingerprint density at radius 1 is 1.36 bits per heavy atom. The van der Waals surface area contributed by atoms with Gasteiger partial charge >= 0.3 is 18.2 Å². The van der Waals surface area contributed by atoms with E-state index in [1.165, 1.54) is 12.1 Å². The Morgan fingerprint density at radius 2 is 2.05 bits per heavy atom. The first kappa shape index (κ1) is 17.3. The number of amides is 1. The van der Waals surface area contributed by atoms with E-state index in [0.29, 0.717) is 0 Å². The van der Waals surface area contributed by atoms with Gasteiger partial charge in [0.2, 0.25) is 0 Å². The average molecular weight is 319 g/mol. The number of aromatic carboxylic acids is 1. The predicted molar refractivity (Wildman–Crippen MR) is 70.1 cm³/mol. The molecule has 1 rings (SSSR count). The molecule has 0 aromatic heterocycles. The summed E-state index contributed by atoms with van der Waals surface area (Å²) in [5, 5.41) is 11.2. The lowest BCUT2D eigenvalue weighted by molar-refractivity contribution is -0.153. The summed E-state index contributed by atoms with van der Waals surface area (Å²) in [6, 6.07) is 3.16. The van der Waals surface area contributed by atoms with Crippen LogP contribution >= 0.6 is 0 Å². The Balaban J connectivity index is 2.87. The number of carboxylic acids is 1. The van der Waals surface area contributed by atoms with Crippen molar-refractivity contribution in [1.29, 1.82) is 0 Å². The third-order valence-corrected chi connectivity index (χ3v) is 2.18. The number of nitrogens with one attached hydrogen (secondary N) is 1. The molecule has 0 saturated carbocycles. The fraction of sp³-hybridized carbons (Fsp3) is 0.231. The molecule has 0 fully saturated rings. The number of carbonyl (C=O) groups is 2. The quantitative estimate of drug-likeness (QED) is 0.787. The summed E-state index contributed by atoms with van der Waals surface area (Å²) in [4.78, 5) is 22.3. The molecule has 6 nitrogen and oxygen atoms in total. The van der Waals surface area contributed by atoms with Gasteiger partial charge in [-0.1, -0.05) is 12.7 Å². The summed E-state index contributed by atoms with van der Waals surface area (Å²) in [7, 11) is 0. The average Bonchev–Trinajstić information content (AvgIpc) is 2.42. The number of ether oxygens (including phenoxy) is 2. The molecule has 2 N–H and O–H groups in total. The fourth-order valence-electron chi connectivity index (χ4n) is 1.35. The molecule has 0 radical (unpaired) electrons. The third kappa shape index (κ3) is 5.73. The van der Waals surface area contributed by atoms with Crippen molar-refractivity contribution in [2.24, 2.45) is 0 Å². The van der Waals surface area contributed by atoms with Crippen molar-refractivity contribution in [2.75, 3.05) is 18.5 Å². The van der Waals surface area contributed by atoms with E-state index in [0.717, 1.165) is 12.1 Å². The van der Waals surface area contributed by atoms with Gasteiger partial charge < -0.3 is 14.6 Å². The number of anilines is 1. The molecule has 0 aliphatic carbocycles. The van der Waals surface area contributed by atoms with Crippen LogP contribution in [0.1, 0.15) is 10.4 Å². The SMILES string of the molecule is C=CCOC(=O)Nc1ccc(OCC(F)(F)F)c(C(=O)O)c1. The molecule has 0 atom stereocenters. The van der Waals surface area contributed by atoms with Gasteiger partial charge in [0.1, 0.15) is 17.9 Å². The van der Waals surface area contributed by atoms with Crippen LogP contribution in [0.5, 0.6) is 5.75 Å². The normalized spacial score (nSPS) is 10.7. The second kappa shape index (κ2) is 7.34. The minimum absolute atomic E-state index is 0.0332. The van der Waals surface area contributed by atoms with E-state index in [9.17, 15) is 22.8 Å². The second-order valence-electron chi connectivity index (χ2n) is 3.93. The molecule has 0 bridgehead atoms. The van der Waals surface area contributed by atoms with Gasteiger partial charge in [-0.15, -0.1) is 0 Å². The van der Waals surface area contributed by atoms with Crippen molar-refractivity contribution in [1.82, 2.24) is 0 Å². The van der Waals surface area contributed by atoms with E-state index in [-0.39, 0.29) is 12.3 Å². The lowest BCUT2D eigenvalue weighted by atomic mass is 10.2. The van der Waals surface area contributed by atoms with E-state index in [2.05, 4.69) is 21.4 Å². The highest BCUT2D eigenvalue weighted by molar-refractivity contribution is 5.94. The zero-order chi connectivity index (χ0) is 16.8. The van der Waals surface area contributed by atoms with Crippen LogP contribution in [-0.4, -0.2) is 36.6 Å². The van der Waals surface area contributed by atoms with Gasteiger partial charge in [-0.05, 0) is 18.2 Å². The Bertz CT molecular complexity index is 571. The number of rotatable bonds is 6. The standard InChI is InChI=1S/C13H12F3NO5/c1-2-5-21-12(20)17-8-3-4-10(9(6-8)11(18)19)22-7-13(14,15)16/h2-4,6H,1,5,7H2,(H,17,20)(H,18,19). The minimum atomic E-state index is -4.60. The molecule has 0 saturated heterocycles. The zero-order valence-corrected chi connectivity index (χ0v) is 11.1. The summed E-state index contributed by atoms with van der Waals surface area (Å²) in [5.41, 5.74) is -0.489. The summed E-state index contributed by atoms with van der Waals surface area (Å²) in [6.07, 6.45) is -4.13. The predicted octanol–water partition coefficient (Wildman–Crippen LogP) is 3.06. The highest BCUT2D eigenvalue weighted by Gasteiger charge is 2.29. The molecular formula is C13H12F3NO5. The molecule has 9 heteroatoms. The first-order valence-corrected chi connectivity index (χ1v) is 5.84. The lowest BCUT2D eigenvalue weighted by Crippen LogP contribution is -2.20. The van der Waals surface area contributed by atoms with Crippen molar-refractivity contribution < 1.29 is 37.3 Å². The van der Waals surface area contributed by atoms with Gasteiger partial charge in [-0.25, -0.2) is 9.59 Å². The third-order valence-electron chi connectivity index (χ3n) is 2.18. The van der Waals surface area contributed by atoms with Crippen molar-refractivity contribution in [2.45, 2.75) is 6.18 Å². The highest BCUT2D eigenvalue weighted by Crippen LogP contribution is 2.25. The monoisotopic (exact) mass is 319 g/mol. The van der Waals surface area contributed by atoms with Crippen molar-refractivity contribution in [3.8, 4) is 5.75 Å². The molecule has 1 aromatic carbocycles. The minimum Gasteiger partial charge on any atom is -0.483 e. The number of carbonyl (C=O) groups excluding carboxylic acids is 1. The molecule has 22 heavy (non-hydrogen) atoms. The number of halogens is 3. The van der Waals surface area contributed by atoms with Gasteiger partial charge in [-0.2, -0.15) is 13.2 Å². The van der Waals surface area contributed by atoms with Crippen LogP contribution in [0, 0.1) is 0 Å². The van der Waals surface area contributed by atoms with Gasteiger partial charge in [0, 0.05) is 5.69 Å². The van der Waals surface area contributed by atoms with Crippen LogP contribution < -0.4 is 10.1 Å². The van der Waals surface area contributed by atoms with Crippen LogP contribution in [0.2, 0.25) is 0 Å². The van der Waals surface area contributed by atoms with Gasteiger partial charge in [-0.3, -0.25) is 5.32 Å². The lowest BCUT2D eigenvalue weighted by Gasteiger charge is -2.12. The fourth-order valence-corrected chi connectivity index (χ4v) is 1.35. The molecule has 0 aliphatic heterocycles. The number of carboxylic acid groups (broad SMARTS) is 1. The molecule has 0 heterocycles. The van der Waals surface area contributed by atoms with E-state index in [4.69, 9.17) is 5.11 Å². The van der Waals surface area contributed by atoms with Crippen molar-refractivity contribution in [3.63, 3.8) is 0 Å². The van der Waals surface area contributed by atoms with Crippen LogP contribution in [0.3, 0.4) is 0 Å². The van der Waals surface area contributed by atoms with Gasteiger partial charge in [0.05, 0.1) is 0 Å². The maximum atomic E-state index is 12.1. The Labute approximate surface area is 123 Å². The highest BCUT2D eigenvalue weighted by atomic mass is 19.4. The van der Waals surface area contributed by atoms with Crippen LogP contribution in [0.4, 0.5) is 23.7 Å². The molecule has 1 aromatic rings. The van der Waals surface area contributed by atoms with E-state index in [1.54, 1.807) is 0 Å². The first-order chi connectivity index (χ1) is 10.2. The van der Waals surface area contributed by atoms with Crippen LogP contribution in [0.25, 0.3) is 0 Å². The molecule has 0 aliphatic rings. The smallest absolute Gasteiger partial charge is 0.422 e. The Morgan fingerprint density at radius 3 is 2.59 bits per heavy atom. The molecule has 0 spiro atoms. The van der Waals surface area contributed by atoms with Gasteiger partial charge in [0.15, 0.2) is 6.61 Å². The number of hydrogen-bond donors (Lipinski definition) is 2. The van der Waals surface area contributed by atoms with Crippen LogP contribution in [0.15, 0.2) is 30.9 Å². The van der Waals surface area contributed by atoms with Gasteiger partial charge in [0.25, 0.3) is 0 Å². The number of alkyl halides is 3. The molecule has 0 unspecified atom stereocenters. The zero-order valence-electron chi connectivity index (χ0n) is 11.1. The Hall–Kier alpha value is -2.71. The van der Waals surface area contributed by atoms with E-state index >= 15 is 0 Å².